The fourth-order valence-electron chi connectivity index (χ4n) is 1.45. The number of amides is 1. The maximum atomic E-state index is 11.2. The molecule has 0 aliphatic carbocycles. The zero-order valence-electron chi connectivity index (χ0n) is 11.5. The van der Waals surface area contributed by atoms with E-state index >= 15 is 0 Å². The van der Waals surface area contributed by atoms with E-state index in [2.05, 4.69) is 17.0 Å². The number of nitrogens with one attached hydrogen (secondary N) is 1. The van der Waals surface area contributed by atoms with Gasteiger partial charge in [0.05, 0.1) is 13.2 Å². The molecular formula is C13H25NO4. The lowest BCUT2D eigenvalue weighted by atomic mass is 10.1. The second-order valence-electron chi connectivity index (χ2n) is 4.06. The summed E-state index contributed by atoms with van der Waals surface area (Å²) in [5, 5.41) is 2.32. The Morgan fingerprint density at radius 1 is 0.944 bits per heavy atom. The van der Waals surface area contributed by atoms with Crippen LogP contribution in [-0.2, 0) is 14.3 Å². The predicted molar refractivity (Wildman–Crippen MR) is 69.4 cm³/mol. The maximum absolute atomic E-state index is 11.2. The van der Waals surface area contributed by atoms with Crippen LogP contribution in [0.5, 0.6) is 0 Å². The molecule has 0 aromatic heterocycles. The third kappa shape index (κ3) is 11.2. The molecule has 0 saturated carbocycles. The standard InChI is InChI=1S/C13H25NO4/c1-3-5-6-7-8-9-10-18-12(15)11-14-13(16)17-4-2/h3-11H2,1-2H3,(H,14,16). The molecule has 5 nitrogen and oxygen atoms in total. The fourth-order valence-corrected chi connectivity index (χ4v) is 1.45. The van der Waals surface area contributed by atoms with Gasteiger partial charge in [0.25, 0.3) is 0 Å². The third-order valence-corrected chi connectivity index (χ3v) is 2.41. The van der Waals surface area contributed by atoms with Crippen molar-refractivity contribution in [3.63, 3.8) is 0 Å². The van der Waals surface area contributed by atoms with E-state index in [9.17, 15) is 9.59 Å². The Labute approximate surface area is 109 Å². The van der Waals surface area contributed by atoms with Gasteiger partial charge in [-0.25, -0.2) is 4.79 Å². The number of unbranched alkanes of at least 4 members (excludes halogenated alkanes) is 5. The maximum Gasteiger partial charge on any atom is 0.407 e. The van der Waals surface area contributed by atoms with E-state index in [0.717, 1.165) is 12.8 Å². The first-order chi connectivity index (χ1) is 8.70. The van der Waals surface area contributed by atoms with Gasteiger partial charge in [0.2, 0.25) is 0 Å². The van der Waals surface area contributed by atoms with Crippen molar-refractivity contribution in [3.05, 3.63) is 0 Å². The zero-order valence-corrected chi connectivity index (χ0v) is 11.5. The Hall–Kier alpha value is -1.26. The summed E-state index contributed by atoms with van der Waals surface area (Å²) in [7, 11) is 0. The molecule has 0 aromatic rings. The molecule has 0 bridgehead atoms. The molecule has 0 unspecified atom stereocenters. The molecule has 0 spiro atoms. The molecule has 0 saturated heterocycles. The number of carbonyl (C=O) groups is 2. The van der Waals surface area contributed by atoms with Crippen molar-refractivity contribution < 1.29 is 19.1 Å². The predicted octanol–water partition coefficient (Wildman–Crippen LogP) is 2.64. The van der Waals surface area contributed by atoms with Crippen LogP contribution < -0.4 is 5.32 Å². The van der Waals surface area contributed by atoms with Crippen LogP contribution in [0, 0.1) is 0 Å². The average Bonchev–Trinajstić information content (AvgIpc) is 2.35. The highest BCUT2D eigenvalue weighted by Crippen LogP contribution is 2.04. The van der Waals surface area contributed by atoms with E-state index in [4.69, 9.17) is 4.74 Å². The molecule has 5 heteroatoms. The number of rotatable bonds is 10. The van der Waals surface area contributed by atoms with Crippen LogP contribution in [0.2, 0.25) is 0 Å². The Bertz CT molecular complexity index is 231. The topological polar surface area (TPSA) is 64.6 Å². The summed E-state index contributed by atoms with van der Waals surface area (Å²) in [6.07, 6.45) is 6.31. The molecule has 0 heterocycles. The van der Waals surface area contributed by atoms with Gasteiger partial charge in [-0.3, -0.25) is 4.79 Å². The molecule has 0 fully saturated rings. The van der Waals surface area contributed by atoms with Crippen molar-refractivity contribution in [2.75, 3.05) is 19.8 Å². The molecular weight excluding hydrogens is 234 g/mol. The minimum atomic E-state index is -0.589. The number of esters is 1. The van der Waals surface area contributed by atoms with Crippen molar-refractivity contribution >= 4 is 12.1 Å². The summed E-state index contributed by atoms with van der Waals surface area (Å²) < 4.78 is 9.58. The van der Waals surface area contributed by atoms with Crippen molar-refractivity contribution in [1.29, 1.82) is 0 Å². The molecule has 0 aliphatic rings. The SMILES string of the molecule is CCCCCCCCOC(=O)CNC(=O)OCC. The minimum Gasteiger partial charge on any atom is -0.464 e. The molecule has 1 amide bonds. The molecule has 0 aromatic carbocycles. The van der Waals surface area contributed by atoms with Crippen LogP contribution in [0.1, 0.15) is 52.4 Å². The van der Waals surface area contributed by atoms with Gasteiger partial charge in [0, 0.05) is 0 Å². The number of ether oxygens (including phenoxy) is 2. The van der Waals surface area contributed by atoms with Gasteiger partial charge < -0.3 is 14.8 Å². The largest absolute Gasteiger partial charge is 0.464 e. The van der Waals surface area contributed by atoms with Crippen molar-refractivity contribution in [2.45, 2.75) is 52.4 Å². The highest BCUT2D eigenvalue weighted by Gasteiger charge is 2.06. The monoisotopic (exact) mass is 259 g/mol. The molecule has 0 aliphatic heterocycles. The van der Waals surface area contributed by atoms with Crippen LogP contribution in [0.15, 0.2) is 0 Å². The van der Waals surface area contributed by atoms with E-state index < -0.39 is 12.1 Å². The van der Waals surface area contributed by atoms with E-state index in [-0.39, 0.29) is 6.54 Å². The molecule has 0 rings (SSSR count). The molecule has 0 atom stereocenters. The van der Waals surface area contributed by atoms with E-state index in [1.54, 1.807) is 6.92 Å². The summed E-state index contributed by atoms with van der Waals surface area (Å²) in [6, 6.07) is 0. The van der Waals surface area contributed by atoms with Gasteiger partial charge in [-0.15, -0.1) is 0 Å². The van der Waals surface area contributed by atoms with Gasteiger partial charge in [-0.1, -0.05) is 39.0 Å². The second-order valence-corrected chi connectivity index (χ2v) is 4.06. The number of hydrogen-bond donors (Lipinski definition) is 1. The lowest BCUT2D eigenvalue weighted by Gasteiger charge is -2.06. The third-order valence-electron chi connectivity index (χ3n) is 2.41. The fraction of sp³-hybridized carbons (Fsp3) is 0.846. The van der Waals surface area contributed by atoms with E-state index in [0.29, 0.717) is 13.2 Å². The molecule has 106 valence electrons. The van der Waals surface area contributed by atoms with Gasteiger partial charge in [0.1, 0.15) is 6.54 Å². The summed E-state index contributed by atoms with van der Waals surface area (Å²) in [5.74, 6) is -0.420. The summed E-state index contributed by atoms with van der Waals surface area (Å²) in [5.41, 5.74) is 0. The molecule has 18 heavy (non-hydrogen) atoms. The van der Waals surface area contributed by atoms with Gasteiger partial charge in [0.15, 0.2) is 0 Å². The van der Waals surface area contributed by atoms with Crippen LogP contribution in [0.3, 0.4) is 0 Å². The van der Waals surface area contributed by atoms with Crippen LogP contribution in [-0.4, -0.2) is 31.8 Å². The summed E-state index contributed by atoms with van der Waals surface area (Å²) in [6.45, 7) is 4.47. The smallest absolute Gasteiger partial charge is 0.407 e. The van der Waals surface area contributed by atoms with E-state index in [1.165, 1.54) is 25.7 Å². The van der Waals surface area contributed by atoms with Crippen molar-refractivity contribution in [2.24, 2.45) is 0 Å². The number of hydrogen-bond acceptors (Lipinski definition) is 4. The first-order valence-corrected chi connectivity index (χ1v) is 6.77. The van der Waals surface area contributed by atoms with Crippen LogP contribution >= 0.6 is 0 Å². The average molecular weight is 259 g/mol. The zero-order chi connectivity index (χ0) is 13.6. The number of carbonyl (C=O) groups excluding carboxylic acids is 2. The van der Waals surface area contributed by atoms with Crippen LogP contribution in [0.25, 0.3) is 0 Å². The number of alkyl carbamates (subject to hydrolysis) is 1. The Morgan fingerprint density at radius 2 is 1.61 bits per heavy atom. The summed E-state index contributed by atoms with van der Waals surface area (Å²) >= 11 is 0. The highest BCUT2D eigenvalue weighted by atomic mass is 16.6. The molecule has 0 radical (unpaired) electrons. The molecule has 1 N–H and O–H groups in total. The quantitative estimate of drug-likeness (QED) is 0.484. The minimum absolute atomic E-state index is 0.130. The highest BCUT2D eigenvalue weighted by molar-refractivity contribution is 5.77. The lowest BCUT2D eigenvalue weighted by Crippen LogP contribution is -2.31. The summed E-state index contributed by atoms with van der Waals surface area (Å²) in [4.78, 5) is 22.1. The lowest BCUT2D eigenvalue weighted by molar-refractivity contribution is -0.142. The Balaban J connectivity index is 3.29. The van der Waals surface area contributed by atoms with E-state index in [1.807, 2.05) is 0 Å². The Kier molecular flexibility index (Phi) is 11.3. The van der Waals surface area contributed by atoms with Crippen molar-refractivity contribution in [3.8, 4) is 0 Å². The Morgan fingerprint density at radius 3 is 2.28 bits per heavy atom. The normalized spacial score (nSPS) is 9.89. The van der Waals surface area contributed by atoms with Gasteiger partial charge >= 0.3 is 12.1 Å². The second kappa shape index (κ2) is 12.2. The first-order valence-electron chi connectivity index (χ1n) is 6.77. The van der Waals surface area contributed by atoms with Crippen LogP contribution in [0.4, 0.5) is 4.79 Å². The first kappa shape index (κ1) is 16.7. The van der Waals surface area contributed by atoms with Gasteiger partial charge in [-0.2, -0.15) is 0 Å². The van der Waals surface area contributed by atoms with Gasteiger partial charge in [-0.05, 0) is 13.3 Å². The van der Waals surface area contributed by atoms with Crippen molar-refractivity contribution in [1.82, 2.24) is 5.32 Å².